The van der Waals surface area contributed by atoms with E-state index in [1.165, 1.54) is 44.9 Å². The number of nitrogens with two attached hydrogens (primary N) is 1. The SMILES string of the molecule is CCC=CCC=CCC=CCC=CCC=CCCCCCC(=O)O[C@H](COC(=O)CCCCCCCC=CCCCCCCCC)COP(=O)(O)OCCN. The summed E-state index contributed by atoms with van der Waals surface area (Å²) >= 11 is 0. The molecule has 0 aliphatic carbocycles. The number of carbonyl (C=O) groups is 2. The van der Waals surface area contributed by atoms with Gasteiger partial charge in [0, 0.05) is 19.4 Å². The Labute approximate surface area is 335 Å². The van der Waals surface area contributed by atoms with Gasteiger partial charge in [-0.25, -0.2) is 4.57 Å². The number of esters is 2. The first-order valence-corrected chi connectivity index (χ1v) is 22.9. The van der Waals surface area contributed by atoms with Gasteiger partial charge >= 0.3 is 19.8 Å². The Hall–Kier alpha value is -2.55. The molecule has 0 aliphatic heterocycles. The van der Waals surface area contributed by atoms with Crippen LogP contribution in [-0.4, -0.2) is 49.3 Å². The molecule has 0 aromatic carbocycles. The lowest BCUT2D eigenvalue weighted by Crippen LogP contribution is -2.29. The van der Waals surface area contributed by atoms with E-state index in [1.54, 1.807) is 0 Å². The highest BCUT2D eigenvalue weighted by atomic mass is 31.2. The molecule has 0 radical (unpaired) electrons. The smallest absolute Gasteiger partial charge is 0.462 e. The van der Waals surface area contributed by atoms with Crippen molar-refractivity contribution < 1.29 is 37.6 Å². The Bertz CT molecular complexity index is 1130. The summed E-state index contributed by atoms with van der Waals surface area (Å²) in [6, 6.07) is 0. The number of unbranched alkanes of at least 4 members (excludes halogenated alkanes) is 14. The Kier molecular flexibility index (Phi) is 39.2. The molecule has 0 rings (SSSR count). The van der Waals surface area contributed by atoms with Crippen molar-refractivity contribution in [3.8, 4) is 0 Å². The van der Waals surface area contributed by atoms with Crippen molar-refractivity contribution in [1.29, 1.82) is 0 Å². The minimum Gasteiger partial charge on any atom is -0.462 e. The van der Waals surface area contributed by atoms with E-state index in [0.29, 0.717) is 12.8 Å². The summed E-state index contributed by atoms with van der Waals surface area (Å²) in [5.74, 6) is -0.882. The molecule has 10 heteroatoms. The molecule has 55 heavy (non-hydrogen) atoms. The number of ether oxygens (including phenoxy) is 2. The van der Waals surface area contributed by atoms with Gasteiger partial charge in [0.15, 0.2) is 6.10 Å². The molecule has 9 nitrogen and oxygen atoms in total. The van der Waals surface area contributed by atoms with E-state index in [-0.39, 0.29) is 32.6 Å². The van der Waals surface area contributed by atoms with Crippen molar-refractivity contribution in [3.63, 3.8) is 0 Å². The van der Waals surface area contributed by atoms with Gasteiger partial charge in [0.2, 0.25) is 0 Å². The number of allylic oxidation sites excluding steroid dienone is 12. The van der Waals surface area contributed by atoms with Crippen molar-refractivity contribution >= 4 is 19.8 Å². The Morgan fingerprint density at radius 1 is 0.564 bits per heavy atom. The van der Waals surface area contributed by atoms with Gasteiger partial charge in [0.1, 0.15) is 6.61 Å². The van der Waals surface area contributed by atoms with Gasteiger partial charge in [-0.05, 0) is 83.5 Å². The van der Waals surface area contributed by atoms with Gasteiger partial charge < -0.3 is 20.1 Å². The fourth-order valence-electron chi connectivity index (χ4n) is 5.42. The van der Waals surface area contributed by atoms with Crippen LogP contribution in [0.4, 0.5) is 0 Å². The van der Waals surface area contributed by atoms with Crippen LogP contribution < -0.4 is 5.73 Å². The predicted molar refractivity (Wildman–Crippen MR) is 229 cm³/mol. The summed E-state index contributed by atoms with van der Waals surface area (Å²) in [6.07, 6.45) is 49.3. The number of rotatable bonds is 39. The lowest BCUT2D eigenvalue weighted by atomic mass is 10.1. The molecule has 0 saturated heterocycles. The van der Waals surface area contributed by atoms with Gasteiger partial charge in [0.25, 0.3) is 0 Å². The summed E-state index contributed by atoms with van der Waals surface area (Å²) in [4.78, 5) is 34.8. The van der Waals surface area contributed by atoms with Crippen molar-refractivity contribution in [3.05, 3.63) is 72.9 Å². The molecule has 316 valence electrons. The average Bonchev–Trinajstić information content (AvgIpc) is 3.17. The lowest BCUT2D eigenvalue weighted by molar-refractivity contribution is -0.161. The lowest BCUT2D eigenvalue weighted by Gasteiger charge is -2.19. The maximum Gasteiger partial charge on any atom is 0.472 e. The molecule has 0 heterocycles. The molecule has 0 amide bonds. The maximum absolute atomic E-state index is 12.6. The first-order valence-electron chi connectivity index (χ1n) is 21.4. The van der Waals surface area contributed by atoms with Gasteiger partial charge in [-0.1, -0.05) is 145 Å². The second kappa shape index (κ2) is 41.1. The Balaban J connectivity index is 4.26. The highest BCUT2D eigenvalue weighted by Crippen LogP contribution is 2.43. The van der Waals surface area contributed by atoms with Crippen molar-refractivity contribution in [2.75, 3.05) is 26.4 Å². The van der Waals surface area contributed by atoms with E-state index in [2.05, 4.69) is 86.8 Å². The minimum atomic E-state index is -4.39. The zero-order valence-corrected chi connectivity index (χ0v) is 35.5. The largest absolute Gasteiger partial charge is 0.472 e. The van der Waals surface area contributed by atoms with Gasteiger partial charge in [0.05, 0.1) is 13.2 Å². The molecule has 0 fully saturated rings. The highest BCUT2D eigenvalue weighted by Gasteiger charge is 2.25. The summed E-state index contributed by atoms with van der Waals surface area (Å²) in [6.45, 7) is 3.55. The molecule has 1 unspecified atom stereocenters. The minimum absolute atomic E-state index is 0.0430. The monoisotopic (exact) mass is 792 g/mol. The number of phosphoric ester groups is 1. The summed E-state index contributed by atoms with van der Waals surface area (Å²) in [5, 5.41) is 0. The number of phosphoric acid groups is 1. The topological polar surface area (TPSA) is 134 Å². The first-order chi connectivity index (χ1) is 26.8. The predicted octanol–water partition coefficient (Wildman–Crippen LogP) is 12.3. The molecule has 0 aromatic heterocycles. The number of carbonyl (C=O) groups excluding carboxylic acids is 2. The van der Waals surface area contributed by atoms with Gasteiger partial charge in [-0.2, -0.15) is 0 Å². The van der Waals surface area contributed by atoms with Crippen LogP contribution in [0.3, 0.4) is 0 Å². The van der Waals surface area contributed by atoms with E-state index >= 15 is 0 Å². The van der Waals surface area contributed by atoms with Crippen LogP contribution in [0.5, 0.6) is 0 Å². The van der Waals surface area contributed by atoms with E-state index in [1.807, 2.05) is 0 Å². The molecule has 0 aromatic rings. The zero-order chi connectivity index (χ0) is 40.3. The van der Waals surface area contributed by atoms with E-state index < -0.39 is 32.5 Å². The zero-order valence-electron chi connectivity index (χ0n) is 34.6. The molecule has 0 bridgehead atoms. The average molecular weight is 792 g/mol. The standard InChI is InChI=1S/C45H78NO8P/c1-3-5-7-9-11-13-15-17-19-20-21-22-24-26-28-30-32-34-36-38-45(48)54-43(42-53-55(49,50)52-40-39-46)41-51-44(47)37-35-33-31-29-27-25-23-18-16-14-12-10-8-6-4-2/h5,7,11,13,17-19,21-23,26,28,43H,3-4,6,8-10,12,14-16,20,24-25,27,29-42,46H2,1-2H3,(H,49,50)/t43-/m1/s1. The van der Waals surface area contributed by atoms with Crippen LogP contribution >= 0.6 is 7.82 Å². The van der Waals surface area contributed by atoms with Crippen LogP contribution in [-0.2, 0) is 32.7 Å². The molecule has 2 atom stereocenters. The fraction of sp³-hybridized carbons (Fsp3) is 0.689. The molecular weight excluding hydrogens is 713 g/mol. The van der Waals surface area contributed by atoms with Crippen LogP contribution in [0, 0.1) is 0 Å². The number of hydrogen-bond acceptors (Lipinski definition) is 8. The van der Waals surface area contributed by atoms with Crippen molar-refractivity contribution in [1.82, 2.24) is 0 Å². The molecule has 0 aliphatic rings. The summed E-state index contributed by atoms with van der Waals surface area (Å²) in [7, 11) is -4.39. The van der Waals surface area contributed by atoms with Crippen LogP contribution in [0.15, 0.2) is 72.9 Å². The Morgan fingerprint density at radius 3 is 1.53 bits per heavy atom. The van der Waals surface area contributed by atoms with E-state index in [9.17, 15) is 19.0 Å². The van der Waals surface area contributed by atoms with Gasteiger partial charge in [-0.3, -0.25) is 18.6 Å². The first kappa shape index (κ1) is 52.5. The quantitative estimate of drug-likeness (QED) is 0.0270. The summed E-state index contributed by atoms with van der Waals surface area (Å²) < 4.78 is 32.7. The fourth-order valence-corrected chi connectivity index (χ4v) is 6.18. The summed E-state index contributed by atoms with van der Waals surface area (Å²) in [5.41, 5.74) is 5.34. The third kappa shape index (κ3) is 40.9. The van der Waals surface area contributed by atoms with Crippen LogP contribution in [0.2, 0.25) is 0 Å². The van der Waals surface area contributed by atoms with Crippen LogP contribution in [0.1, 0.15) is 168 Å². The van der Waals surface area contributed by atoms with Crippen molar-refractivity contribution in [2.24, 2.45) is 5.73 Å². The molecule has 3 N–H and O–H groups in total. The molecular formula is C45H78NO8P. The van der Waals surface area contributed by atoms with Gasteiger partial charge in [-0.15, -0.1) is 0 Å². The van der Waals surface area contributed by atoms with E-state index in [4.69, 9.17) is 24.3 Å². The highest BCUT2D eigenvalue weighted by molar-refractivity contribution is 7.47. The van der Waals surface area contributed by atoms with Crippen molar-refractivity contribution in [2.45, 2.75) is 174 Å². The third-order valence-corrected chi connectivity index (χ3v) is 9.56. The normalized spacial score (nSPS) is 14.0. The van der Waals surface area contributed by atoms with Crippen LogP contribution in [0.25, 0.3) is 0 Å². The third-order valence-electron chi connectivity index (χ3n) is 8.58. The second-order valence-electron chi connectivity index (χ2n) is 13.8. The van der Waals surface area contributed by atoms with E-state index in [0.717, 1.165) is 83.5 Å². The molecule has 0 saturated carbocycles. The maximum atomic E-state index is 12.6. The molecule has 0 spiro atoms. The Morgan fingerprint density at radius 2 is 1.00 bits per heavy atom. The second-order valence-corrected chi connectivity index (χ2v) is 15.3. The number of hydrogen-bond donors (Lipinski definition) is 2.